The average Bonchev–Trinajstić information content (AvgIpc) is 3.03. The van der Waals surface area contributed by atoms with Crippen molar-refractivity contribution in [1.82, 2.24) is 24.9 Å². The molecule has 1 atom stereocenters. The molecular weight excluding hydrogens is 378 g/mol. The maximum atomic E-state index is 13.3. The first-order valence-corrected chi connectivity index (χ1v) is 11.5. The molecule has 2 aliphatic rings. The van der Waals surface area contributed by atoms with E-state index in [0.29, 0.717) is 44.0 Å². The molecule has 1 fully saturated rings. The van der Waals surface area contributed by atoms with Gasteiger partial charge in [-0.15, -0.1) is 0 Å². The van der Waals surface area contributed by atoms with Crippen LogP contribution in [-0.4, -0.2) is 85.0 Å². The molecule has 7 heteroatoms. The summed E-state index contributed by atoms with van der Waals surface area (Å²) in [7, 11) is 4.25. The number of rotatable bonds is 8. The van der Waals surface area contributed by atoms with E-state index < -0.39 is 0 Å². The van der Waals surface area contributed by atoms with Crippen LogP contribution < -0.4 is 5.32 Å². The number of hydrogen-bond donors (Lipinski definition) is 1. The molecule has 0 saturated carbocycles. The SMILES string of the molecule is CC(C)Cn1nc(C(=O)N2CCOCC2)c2c1CC[C@@H](NCC(C)(C)CN(C)C)C2. The minimum atomic E-state index is 0.0747. The lowest BCUT2D eigenvalue weighted by molar-refractivity contribution is 0.0297. The van der Waals surface area contributed by atoms with Crippen molar-refractivity contribution in [2.75, 3.05) is 53.5 Å². The fourth-order valence-electron chi connectivity index (χ4n) is 4.78. The zero-order chi connectivity index (χ0) is 21.9. The predicted molar refractivity (Wildman–Crippen MR) is 120 cm³/mol. The van der Waals surface area contributed by atoms with Crippen LogP contribution in [0.3, 0.4) is 0 Å². The van der Waals surface area contributed by atoms with E-state index in [1.54, 1.807) is 0 Å². The van der Waals surface area contributed by atoms with Gasteiger partial charge in [0.25, 0.3) is 5.91 Å². The Hall–Kier alpha value is -1.44. The summed E-state index contributed by atoms with van der Waals surface area (Å²) in [4.78, 5) is 17.4. The van der Waals surface area contributed by atoms with E-state index in [4.69, 9.17) is 9.84 Å². The van der Waals surface area contributed by atoms with E-state index in [2.05, 4.69) is 56.7 Å². The summed E-state index contributed by atoms with van der Waals surface area (Å²) < 4.78 is 7.54. The average molecular weight is 420 g/mol. The summed E-state index contributed by atoms with van der Waals surface area (Å²) in [6, 6.07) is 0.395. The van der Waals surface area contributed by atoms with E-state index in [0.717, 1.165) is 38.9 Å². The Balaban J connectivity index is 1.76. The third kappa shape index (κ3) is 5.83. The van der Waals surface area contributed by atoms with E-state index >= 15 is 0 Å². The van der Waals surface area contributed by atoms with Gasteiger partial charge in [-0.3, -0.25) is 9.48 Å². The zero-order valence-electron chi connectivity index (χ0n) is 19.8. The van der Waals surface area contributed by atoms with Crippen molar-refractivity contribution < 1.29 is 9.53 Å². The quantitative estimate of drug-likeness (QED) is 0.699. The Morgan fingerprint density at radius 3 is 2.63 bits per heavy atom. The van der Waals surface area contributed by atoms with Crippen LogP contribution >= 0.6 is 0 Å². The number of carbonyl (C=O) groups is 1. The molecule has 3 rings (SSSR count). The van der Waals surface area contributed by atoms with E-state index in [-0.39, 0.29) is 11.3 Å². The Kier molecular flexibility index (Phi) is 7.58. The molecular formula is C23H41N5O2. The number of morpholine rings is 1. The lowest BCUT2D eigenvalue weighted by Gasteiger charge is -2.32. The fraction of sp³-hybridized carbons (Fsp3) is 0.826. The number of fused-ring (bicyclic) bond motifs is 1. The van der Waals surface area contributed by atoms with Crippen molar-refractivity contribution in [2.45, 2.75) is 59.5 Å². The number of hydrogen-bond acceptors (Lipinski definition) is 5. The first-order chi connectivity index (χ1) is 14.2. The Morgan fingerprint density at radius 1 is 1.30 bits per heavy atom. The Bertz CT molecular complexity index is 719. The molecule has 0 bridgehead atoms. The highest BCUT2D eigenvalue weighted by Gasteiger charge is 2.32. The van der Waals surface area contributed by atoms with Crippen molar-refractivity contribution in [3.63, 3.8) is 0 Å². The van der Waals surface area contributed by atoms with E-state index in [9.17, 15) is 4.79 Å². The van der Waals surface area contributed by atoms with Gasteiger partial charge in [-0.25, -0.2) is 0 Å². The molecule has 1 N–H and O–H groups in total. The number of aromatic nitrogens is 2. The smallest absolute Gasteiger partial charge is 0.274 e. The second-order valence-corrected chi connectivity index (χ2v) is 10.5. The summed E-state index contributed by atoms with van der Waals surface area (Å²) in [6.45, 7) is 14.5. The standard InChI is InChI=1S/C23H41N5O2/c1-17(2)14-28-20-8-7-18(24-15-23(3,4)16-26(5)6)13-19(20)21(25-28)22(29)27-9-11-30-12-10-27/h17-18,24H,7-16H2,1-6H3/t18-/m1/s1. The van der Waals surface area contributed by atoms with Gasteiger partial charge in [0.2, 0.25) is 0 Å². The van der Waals surface area contributed by atoms with Crippen LogP contribution in [0.2, 0.25) is 0 Å². The highest BCUT2D eigenvalue weighted by atomic mass is 16.5. The Morgan fingerprint density at radius 2 is 2.00 bits per heavy atom. The molecule has 0 radical (unpaired) electrons. The van der Waals surface area contributed by atoms with Crippen LogP contribution in [0.4, 0.5) is 0 Å². The first-order valence-electron chi connectivity index (χ1n) is 11.5. The lowest BCUT2D eigenvalue weighted by Crippen LogP contribution is -2.44. The lowest BCUT2D eigenvalue weighted by atomic mass is 9.88. The third-order valence-corrected chi connectivity index (χ3v) is 6.00. The summed E-state index contributed by atoms with van der Waals surface area (Å²) in [5, 5.41) is 8.64. The van der Waals surface area contributed by atoms with Gasteiger partial charge in [0.15, 0.2) is 5.69 Å². The van der Waals surface area contributed by atoms with Crippen LogP contribution in [0.1, 0.15) is 55.9 Å². The van der Waals surface area contributed by atoms with E-state index in [1.807, 2.05) is 4.90 Å². The minimum absolute atomic E-state index is 0.0747. The van der Waals surface area contributed by atoms with Gasteiger partial charge in [0.1, 0.15) is 0 Å². The van der Waals surface area contributed by atoms with Crippen molar-refractivity contribution in [3.8, 4) is 0 Å². The normalized spacial score (nSPS) is 20.1. The van der Waals surface area contributed by atoms with Crippen molar-refractivity contribution in [3.05, 3.63) is 17.0 Å². The molecule has 0 unspecified atom stereocenters. The largest absolute Gasteiger partial charge is 0.378 e. The van der Waals surface area contributed by atoms with Crippen LogP contribution in [0.15, 0.2) is 0 Å². The number of carbonyl (C=O) groups excluding carboxylic acids is 1. The third-order valence-electron chi connectivity index (χ3n) is 6.00. The molecule has 1 saturated heterocycles. The molecule has 1 aliphatic heterocycles. The van der Waals surface area contributed by atoms with Gasteiger partial charge in [-0.05, 0) is 44.7 Å². The van der Waals surface area contributed by atoms with Gasteiger partial charge in [-0.2, -0.15) is 5.10 Å². The molecule has 7 nitrogen and oxygen atoms in total. The van der Waals surface area contributed by atoms with Crippen molar-refractivity contribution in [2.24, 2.45) is 11.3 Å². The second-order valence-electron chi connectivity index (χ2n) is 10.5. The molecule has 0 aromatic carbocycles. The molecule has 1 aromatic heterocycles. The summed E-state index contributed by atoms with van der Waals surface area (Å²) in [6.07, 6.45) is 2.97. The van der Waals surface area contributed by atoms with Crippen molar-refractivity contribution >= 4 is 5.91 Å². The molecule has 0 spiro atoms. The molecule has 170 valence electrons. The minimum Gasteiger partial charge on any atom is -0.378 e. The summed E-state index contributed by atoms with van der Waals surface area (Å²) in [5.41, 5.74) is 3.32. The second kappa shape index (κ2) is 9.79. The summed E-state index contributed by atoms with van der Waals surface area (Å²) in [5.74, 6) is 0.577. The fourth-order valence-corrected chi connectivity index (χ4v) is 4.78. The van der Waals surface area contributed by atoms with Gasteiger partial charge in [0, 0.05) is 50.0 Å². The number of ether oxygens (including phenoxy) is 1. The van der Waals surface area contributed by atoms with Gasteiger partial charge in [-0.1, -0.05) is 27.7 Å². The van der Waals surface area contributed by atoms with Gasteiger partial charge in [0.05, 0.1) is 13.2 Å². The Labute approximate surface area is 182 Å². The van der Waals surface area contributed by atoms with Crippen LogP contribution in [-0.2, 0) is 24.1 Å². The predicted octanol–water partition coefficient (Wildman–Crippen LogP) is 2.05. The highest BCUT2D eigenvalue weighted by molar-refractivity contribution is 5.94. The molecule has 2 heterocycles. The van der Waals surface area contributed by atoms with Gasteiger partial charge < -0.3 is 19.9 Å². The maximum Gasteiger partial charge on any atom is 0.274 e. The van der Waals surface area contributed by atoms with Crippen molar-refractivity contribution in [1.29, 1.82) is 0 Å². The topological polar surface area (TPSA) is 62.6 Å². The van der Waals surface area contributed by atoms with Crippen LogP contribution in [0.5, 0.6) is 0 Å². The maximum absolute atomic E-state index is 13.3. The highest BCUT2D eigenvalue weighted by Crippen LogP contribution is 2.27. The molecule has 1 aromatic rings. The number of nitrogens with zero attached hydrogens (tertiary/aromatic N) is 4. The molecule has 30 heavy (non-hydrogen) atoms. The first kappa shape index (κ1) is 23.2. The molecule has 1 aliphatic carbocycles. The molecule has 1 amide bonds. The zero-order valence-corrected chi connectivity index (χ0v) is 19.8. The van der Waals surface area contributed by atoms with E-state index in [1.165, 1.54) is 11.3 Å². The summed E-state index contributed by atoms with van der Waals surface area (Å²) >= 11 is 0. The van der Waals surface area contributed by atoms with Gasteiger partial charge >= 0.3 is 0 Å². The van der Waals surface area contributed by atoms with Crippen LogP contribution in [0, 0.1) is 11.3 Å². The van der Waals surface area contributed by atoms with Crippen LogP contribution in [0.25, 0.3) is 0 Å². The monoisotopic (exact) mass is 419 g/mol. The number of nitrogens with one attached hydrogen (secondary N) is 1. The number of amides is 1.